The number of carbonyl (C=O) groups is 1. The first kappa shape index (κ1) is 13.8. The van der Waals surface area contributed by atoms with Crippen molar-refractivity contribution in [3.8, 4) is 0 Å². The largest absolute Gasteiger partial charge is 0.336 e. The predicted molar refractivity (Wildman–Crippen MR) is 73.3 cm³/mol. The molecule has 3 atom stereocenters. The van der Waals surface area contributed by atoms with Gasteiger partial charge in [-0.1, -0.05) is 0 Å². The van der Waals surface area contributed by atoms with E-state index in [1.807, 2.05) is 0 Å². The monoisotopic (exact) mass is 253 g/mol. The lowest BCUT2D eigenvalue weighted by atomic mass is 9.97. The predicted octanol–water partition coefficient (Wildman–Crippen LogP) is 1.20. The van der Waals surface area contributed by atoms with Crippen molar-refractivity contribution in [1.82, 2.24) is 9.80 Å². The summed E-state index contributed by atoms with van der Waals surface area (Å²) in [6.45, 7) is 6.81. The maximum Gasteiger partial charge on any atom is 0.237 e. The molecule has 0 saturated carbocycles. The molecule has 2 aliphatic rings. The lowest BCUT2D eigenvalue weighted by molar-refractivity contribution is -0.138. The van der Waals surface area contributed by atoms with Crippen molar-refractivity contribution >= 4 is 5.91 Å². The summed E-state index contributed by atoms with van der Waals surface area (Å²) in [6.07, 6.45) is 5.77. The Morgan fingerprint density at radius 1 is 1.17 bits per heavy atom. The Bertz CT molecular complexity index is 285. The van der Waals surface area contributed by atoms with Crippen LogP contribution in [-0.2, 0) is 4.79 Å². The SMILES string of the molecule is CC1CCCC(C)N1C(=O)CN1CCC[C@@H](N)C1. The smallest absolute Gasteiger partial charge is 0.237 e. The lowest BCUT2D eigenvalue weighted by Crippen LogP contribution is -2.53. The number of nitrogens with zero attached hydrogens (tertiary/aromatic N) is 2. The maximum absolute atomic E-state index is 12.4. The zero-order valence-corrected chi connectivity index (χ0v) is 11.8. The van der Waals surface area contributed by atoms with E-state index in [4.69, 9.17) is 5.73 Å². The molecule has 4 heteroatoms. The van der Waals surface area contributed by atoms with Gasteiger partial charge in [-0.3, -0.25) is 9.69 Å². The van der Waals surface area contributed by atoms with Gasteiger partial charge < -0.3 is 10.6 Å². The van der Waals surface area contributed by atoms with E-state index in [0.29, 0.717) is 24.5 Å². The number of piperidine rings is 2. The second-order valence-electron chi connectivity index (χ2n) is 6.07. The van der Waals surface area contributed by atoms with E-state index in [-0.39, 0.29) is 6.04 Å². The van der Waals surface area contributed by atoms with Crippen LogP contribution in [-0.4, -0.2) is 53.5 Å². The first-order chi connectivity index (χ1) is 8.58. The molecule has 2 aliphatic heterocycles. The summed E-state index contributed by atoms with van der Waals surface area (Å²) in [6, 6.07) is 1.06. The molecule has 0 radical (unpaired) electrons. The van der Waals surface area contributed by atoms with Crippen molar-refractivity contribution < 1.29 is 4.79 Å². The van der Waals surface area contributed by atoms with Crippen LogP contribution < -0.4 is 5.73 Å². The van der Waals surface area contributed by atoms with Crippen LogP contribution >= 0.6 is 0 Å². The molecule has 2 heterocycles. The van der Waals surface area contributed by atoms with Crippen LogP contribution in [0.4, 0.5) is 0 Å². The van der Waals surface area contributed by atoms with Gasteiger partial charge in [0.1, 0.15) is 0 Å². The molecule has 0 spiro atoms. The second-order valence-corrected chi connectivity index (χ2v) is 6.07. The lowest BCUT2D eigenvalue weighted by Gasteiger charge is -2.41. The summed E-state index contributed by atoms with van der Waals surface area (Å²) in [5.74, 6) is 0.295. The quantitative estimate of drug-likeness (QED) is 0.804. The fourth-order valence-corrected chi connectivity index (χ4v) is 3.42. The summed E-state index contributed by atoms with van der Waals surface area (Å²) in [7, 11) is 0. The second kappa shape index (κ2) is 6.02. The molecule has 0 bridgehead atoms. The average molecular weight is 253 g/mol. The van der Waals surface area contributed by atoms with Crippen molar-refractivity contribution in [2.45, 2.75) is 64.1 Å². The van der Waals surface area contributed by atoms with Crippen LogP contribution in [0.15, 0.2) is 0 Å². The summed E-state index contributed by atoms with van der Waals surface area (Å²) >= 11 is 0. The maximum atomic E-state index is 12.4. The zero-order valence-electron chi connectivity index (χ0n) is 11.8. The minimum Gasteiger partial charge on any atom is -0.336 e. The number of carbonyl (C=O) groups excluding carboxylic acids is 1. The Balaban J connectivity index is 1.89. The van der Waals surface area contributed by atoms with Crippen molar-refractivity contribution in [1.29, 1.82) is 0 Å². The van der Waals surface area contributed by atoms with Crippen LogP contribution in [0.25, 0.3) is 0 Å². The molecule has 2 N–H and O–H groups in total. The summed E-state index contributed by atoms with van der Waals surface area (Å²) in [4.78, 5) is 16.8. The van der Waals surface area contributed by atoms with Gasteiger partial charge in [0.2, 0.25) is 5.91 Å². The van der Waals surface area contributed by atoms with Gasteiger partial charge in [-0.25, -0.2) is 0 Å². The Labute approximate surface area is 110 Å². The van der Waals surface area contributed by atoms with Gasteiger partial charge in [-0.2, -0.15) is 0 Å². The standard InChI is InChI=1S/C14H27N3O/c1-11-5-3-6-12(2)17(11)14(18)10-16-8-4-7-13(15)9-16/h11-13H,3-10,15H2,1-2H3/t11?,12?,13-/m1/s1. The molecule has 2 rings (SSSR count). The van der Waals surface area contributed by atoms with E-state index in [2.05, 4.69) is 23.6 Å². The van der Waals surface area contributed by atoms with Gasteiger partial charge in [0, 0.05) is 24.7 Å². The molecule has 104 valence electrons. The van der Waals surface area contributed by atoms with Crippen molar-refractivity contribution in [3.05, 3.63) is 0 Å². The Morgan fingerprint density at radius 2 is 1.83 bits per heavy atom. The van der Waals surface area contributed by atoms with Crippen LogP contribution in [0.5, 0.6) is 0 Å². The number of likely N-dealkylation sites (tertiary alicyclic amines) is 2. The Morgan fingerprint density at radius 3 is 2.44 bits per heavy atom. The van der Waals surface area contributed by atoms with E-state index < -0.39 is 0 Å². The molecule has 0 aromatic rings. The highest BCUT2D eigenvalue weighted by Crippen LogP contribution is 2.23. The number of hydrogen-bond acceptors (Lipinski definition) is 3. The first-order valence-corrected chi connectivity index (χ1v) is 7.37. The number of hydrogen-bond donors (Lipinski definition) is 1. The van der Waals surface area contributed by atoms with E-state index in [1.54, 1.807) is 0 Å². The topological polar surface area (TPSA) is 49.6 Å². The molecule has 18 heavy (non-hydrogen) atoms. The van der Waals surface area contributed by atoms with Crippen molar-refractivity contribution in [2.24, 2.45) is 5.73 Å². The molecule has 2 unspecified atom stereocenters. The molecular weight excluding hydrogens is 226 g/mol. The summed E-state index contributed by atoms with van der Waals surface area (Å²) in [5, 5.41) is 0. The highest BCUT2D eigenvalue weighted by molar-refractivity contribution is 5.79. The average Bonchev–Trinajstić information content (AvgIpc) is 2.28. The fraction of sp³-hybridized carbons (Fsp3) is 0.929. The van der Waals surface area contributed by atoms with Gasteiger partial charge in [0.15, 0.2) is 0 Å². The molecule has 2 saturated heterocycles. The molecule has 0 aromatic heterocycles. The van der Waals surface area contributed by atoms with Gasteiger partial charge in [-0.15, -0.1) is 0 Å². The van der Waals surface area contributed by atoms with Gasteiger partial charge in [0.05, 0.1) is 6.54 Å². The van der Waals surface area contributed by atoms with Crippen LogP contribution in [0, 0.1) is 0 Å². The third-order valence-electron chi connectivity index (χ3n) is 4.38. The van der Waals surface area contributed by atoms with E-state index >= 15 is 0 Å². The highest BCUT2D eigenvalue weighted by atomic mass is 16.2. The molecule has 1 amide bonds. The van der Waals surface area contributed by atoms with E-state index in [1.165, 1.54) is 6.42 Å². The Kier molecular flexibility index (Phi) is 4.62. The van der Waals surface area contributed by atoms with Crippen LogP contribution in [0.2, 0.25) is 0 Å². The van der Waals surface area contributed by atoms with Gasteiger partial charge >= 0.3 is 0 Å². The molecule has 0 aliphatic carbocycles. The minimum atomic E-state index is 0.253. The first-order valence-electron chi connectivity index (χ1n) is 7.37. The highest BCUT2D eigenvalue weighted by Gasteiger charge is 2.30. The van der Waals surface area contributed by atoms with Gasteiger partial charge in [0.25, 0.3) is 0 Å². The molecule has 4 nitrogen and oxygen atoms in total. The van der Waals surface area contributed by atoms with Crippen LogP contribution in [0.3, 0.4) is 0 Å². The normalized spacial score (nSPS) is 34.6. The number of rotatable bonds is 2. The van der Waals surface area contributed by atoms with Crippen LogP contribution in [0.1, 0.15) is 46.0 Å². The fourth-order valence-electron chi connectivity index (χ4n) is 3.42. The third kappa shape index (κ3) is 3.23. The minimum absolute atomic E-state index is 0.253. The van der Waals surface area contributed by atoms with Crippen molar-refractivity contribution in [2.75, 3.05) is 19.6 Å². The number of amides is 1. The van der Waals surface area contributed by atoms with Crippen molar-refractivity contribution in [3.63, 3.8) is 0 Å². The number of nitrogens with two attached hydrogens (primary N) is 1. The van der Waals surface area contributed by atoms with E-state index in [0.717, 1.165) is 38.8 Å². The van der Waals surface area contributed by atoms with Gasteiger partial charge in [-0.05, 0) is 52.5 Å². The Hall–Kier alpha value is -0.610. The molecular formula is C14H27N3O. The summed E-state index contributed by atoms with van der Waals surface area (Å²) < 4.78 is 0. The molecule has 0 aromatic carbocycles. The zero-order chi connectivity index (χ0) is 13.1. The molecule has 2 fully saturated rings. The third-order valence-corrected chi connectivity index (χ3v) is 4.38. The van der Waals surface area contributed by atoms with E-state index in [9.17, 15) is 4.79 Å². The summed E-state index contributed by atoms with van der Waals surface area (Å²) in [5.41, 5.74) is 5.97.